The Morgan fingerprint density at radius 1 is 1.64 bits per heavy atom. The molecule has 0 spiro atoms. The number of amides is 1. The lowest BCUT2D eigenvalue weighted by Gasteiger charge is -2.10. The largest absolute Gasteiger partial charge is 0.324 e. The highest BCUT2D eigenvalue weighted by molar-refractivity contribution is 7.08. The Morgan fingerprint density at radius 3 is 2.86 bits per heavy atom. The molecule has 0 radical (unpaired) electrons. The highest BCUT2D eigenvalue weighted by Gasteiger charge is 2.18. The molecule has 1 unspecified atom stereocenters. The summed E-state index contributed by atoms with van der Waals surface area (Å²) in [5.41, 5.74) is 5.83. The Labute approximate surface area is 83.9 Å². The van der Waals surface area contributed by atoms with Crippen LogP contribution in [0.1, 0.15) is 6.42 Å². The molecule has 1 amide bonds. The van der Waals surface area contributed by atoms with Crippen molar-refractivity contribution in [3.63, 3.8) is 0 Å². The zero-order valence-corrected chi connectivity index (χ0v) is 8.06. The van der Waals surface area contributed by atoms with Crippen molar-refractivity contribution in [3.05, 3.63) is 16.8 Å². The normalized spacial score (nSPS) is 12.9. The molecular weight excluding hydrogens is 210 g/mol. The summed E-state index contributed by atoms with van der Waals surface area (Å²) < 4.78 is 23.7. The van der Waals surface area contributed by atoms with Crippen LogP contribution in [0.15, 0.2) is 16.8 Å². The Bertz CT molecular complexity index is 290. The van der Waals surface area contributed by atoms with Gasteiger partial charge < -0.3 is 11.1 Å². The molecule has 14 heavy (non-hydrogen) atoms. The molecule has 0 aliphatic carbocycles. The van der Waals surface area contributed by atoms with E-state index in [0.29, 0.717) is 5.69 Å². The van der Waals surface area contributed by atoms with E-state index in [1.165, 1.54) is 11.3 Å². The average molecular weight is 220 g/mol. The van der Waals surface area contributed by atoms with Crippen molar-refractivity contribution in [2.45, 2.75) is 18.9 Å². The number of nitrogens with two attached hydrogens (primary N) is 1. The molecule has 3 N–H and O–H groups in total. The number of nitrogens with one attached hydrogen (secondary N) is 1. The van der Waals surface area contributed by atoms with Gasteiger partial charge in [-0.2, -0.15) is 11.3 Å². The molecule has 0 aromatic carbocycles. The van der Waals surface area contributed by atoms with E-state index in [9.17, 15) is 13.6 Å². The number of thiophene rings is 1. The van der Waals surface area contributed by atoms with E-state index >= 15 is 0 Å². The van der Waals surface area contributed by atoms with Crippen molar-refractivity contribution in [1.82, 2.24) is 0 Å². The lowest BCUT2D eigenvalue weighted by atomic mass is 10.2. The molecule has 0 bridgehead atoms. The summed E-state index contributed by atoms with van der Waals surface area (Å²) in [6.45, 7) is 0. The van der Waals surface area contributed by atoms with Crippen LogP contribution in [0, 0.1) is 0 Å². The van der Waals surface area contributed by atoms with Crippen LogP contribution in [0.2, 0.25) is 0 Å². The van der Waals surface area contributed by atoms with E-state index in [1.807, 2.05) is 0 Å². The third-order valence-electron chi connectivity index (χ3n) is 1.56. The topological polar surface area (TPSA) is 55.1 Å². The number of hydrogen-bond acceptors (Lipinski definition) is 3. The predicted octanol–water partition coefficient (Wildman–Crippen LogP) is 1.67. The van der Waals surface area contributed by atoms with E-state index in [0.717, 1.165) is 0 Å². The molecule has 1 aromatic rings. The van der Waals surface area contributed by atoms with Crippen LogP contribution in [0.5, 0.6) is 0 Å². The van der Waals surface area contributed by atoms with Crippen LogP contribution in [-0.4, -0.2) is 18.4 Å². The van der Waals surface area contributed by atoms with Gasteiger partial charge in [0, 0.05) is 11.8 Å². The zero-order chi connectivity index (χ0) is 10.6. The predicted molar refractivity (Wildman–Crippen MR) is 51.5 cm³/mol. The maximum absolute atomic E-state index is 11.9. The maximum atomic E-state index is 11.9. The Balaban J connectivity index is 2.42. The van der Waals surface area contributed by atoms with Crippen molar-refractivity contribution in [1.29, 1.82) is 0 Å². The van der Waals surface area contributed by atoms with Gasteiger partial charge in [-0.05, 0) is 11.4 Å². The summed E-state index contributed by atoms with van der Waals surface area (Å²) in [6.07, 6.45) is -3.17. The van der Waals surface area contributed by atoms with Crippen LogP contribution in [0.25, 0.3) is 0 Å². The van der Waals surface area contributed by atoms with E-state index < -0.39 is 24.8 Å². The lowest BCUT2D eigenvalue weighted by molar-refractivity contribution is -0.118. The number of halogens is 2. The Kier molecular flexibility index (Phi) is 3.97. The minimum absolute atomic E-state index is 0.580. The van der Waals surface area contributed by atoms with Crippen LogP contribution >= 0.6 is 11.3 Å². The second kappa shape index (κ2) is 5.02. The Morgan fingerprint density at radius 2 is 2.36 bits per heavy atom. The summed E-state index contributed by atoms with van der Waals surface area (Å²) >= 11 is 1.40. The minimum atomic E-state index is -2.56. The molecular formula is C8H10F2N2OS. The molecule has 0 fully saturated rings. The van der Waals surface area contributed by atoms with Gasteiger partial charge in [-0.3, -0.25) is 4.79 Å². The van der Waals surface area contributed by atoms with E-state index in [2.05, 4.69) is 5.32 Å². The molecule has 1 heterocycles. The van der Waals surface area contributed by atoms with Gasteiger partial charge >= 0.3 is 0 Å². The van der Waals surface area contributed by atoms with Crippen LogP contribution in [-0.2, 0) is 4.79 Å². The number of rotatable bonds is 4. The molecule has 6 heteroatoms. The van der Waals surface area contributed by atoms with Crippen LogP contribution in [0.4, 0.5) is 14.5 Å². The van der Waals surface area contributed by atoms with Gasteiger partial charge in [-0.25, -0.2) is 8.78 Å². The average Bonchev–Trinajstić information content (AvgIpc) is 2.55. The van der Waals surface area contributed by atoms with Gasteiger partial charge in [0.05, 0.1) is 11.7 Å². The highest BCUT2D eigenvalue weighted by atomic mass is 32.1. The summed E-state index contributed by atoms with van der Waals surface area (Å²) in [7, 11) is 0. The van der Waals surface area contributed by atoms with Crippen molar-refractivity contribution < 1.29 is 13.6 Å². The van der Waals surface area contributed by atoms with Crippen molar-refractivity contribution >= 4 is 22.9 Å². The molecule has 1 rings (SSSR count). The Hall–Kier alpha value is -1.01. The minimum Gasteiger partial charge on any atom is -0.324 e. The number of anilines is 1. The third kappa shape index (κ3) is 3.39. The van der Waals surface area contributed by atoms with Gasteiger partial charge in [0.15, 0.2) is 0 Å². The van der Waals surface area contributed by atoms with Crippen molar-refractivity contribution in [2.75, 3.05) is 5.32 Å². The number of carbonyl (C=O) groups excluding carboxylic acids is 1. The molecule has 1 aromatic heterocycles. The number of hydrogen-bond donors (Lipinski definition) is 2. The van der Waals surface area contributed by atoms with E-state index in [4.69, 9.17) is 5.73 Å². The monoisotopic (exact) mass is 220 g/mol. The first-order valence-corrected chi connectivity index (χ1v) is 4.90. The highest BCUT2D eigenvalue weighted by Crippen LogP contribution is 2.12. The fourth-order valence-corrected chi connectivity index (χ4v) is 1.46. The van der Waals surface area contributed by atoms with Crippen LogP contribution in [0.3, 0.4) is 0 Å². The molecule has 0 aliphatic rings. The standard InChI is InChI=1S/C8H10F2N2OS/c9-7(10)3-6(11)8(13)12-5-1-2-14-4-5/h1-2,4,6-7H,3,11H2,(H,12,13). The maximum Gasteiger partial charge on any atom is 0.241 e. The second-order valence-corrected chi connectivity index (χ2v) is 3.51. The first-order chi connectivity index (χ1) is 6.59. The van der Waals surface area contributed by atoms with Crippen molar-refractivity contribution in [2.24, 2.45) is 5.73 Å². The van der Waals surface area contributed by atoms with Gasteiger partial charge in [-0.15, -0.1) is 0 Å². The first kappa shape index (κ1) is 11.1. The summed E-state index contributed by atoms with van der Waals surface area (Å²) in [5.74, 6) is -0.580. The second-order valence-electron chi connectivity index (χ2n) is 2.73. The molecule has 0 aliphatic heterocycles. The first-order valence-electron chi connectivity index (χ1n) is 3.96. The molecule has 0 saturated carbocycles. The van der Waals surface area contributed by atoms with E-state index in [1.54, 1.807) is 16.8 Å². The van der Waals surface area contributed by atoms with Gasteiger partial charge in [0.1, 0.15) is 0 Å². The molecule has 3 nitrogen and oxygen atoms in total. The van der Waals surface area contributed by atoms with Gasteiger partial charge in [0.25, 0.3) is 0 Å². The van der Waals surface area contributed by atoms with Gasteiger partial charge in [0.2, 0.25) is 12.3 Å². The summed E-state index contributed by atoms with van der Waals surface area (Å²) in [5, 5.41) is 5.91. The third-order valence-corrected chi connectivity index (χ3v) is 2.24. The quantitative estimate of drug-likeness (QED) is 0.811. The lowest BCUT2D eigenvalue weighted by Crippen LogP contribution is -2.37. The van der Waals surface area contributed by atoms with Gasteiger partial charge in [-0.1, -0.05) is 0 Å². The fraction of sp³-hybridized carbons (Fsp3) is 0.375. The SMILES string of the molecule is NC(CC(F)F)C(=O)Nc1ccsc1. The summed E-state index contributed by atoms with van der Waals surface area (Å²) in [4.78, 5) is 11.2. The van der Waals surface area contributed by atoms with Crippen LogP contribution < -0.4 is 11.1 Å². The van der Waals surface area contributed by atoms with Crippen molar-refractivity contribution in [3.8, 4) is 0 Å². The zero-order valence-electron chi connectivity index (χ0n) is 7.24. The smallest absolute Gasteiger partial charge is 0.241 e. The summed E-state index contributed by atoms with van der Waals surface area (Å²) in [6, 6.07) is 0.521. The molecule has 1 atom stereocenters. The number of alkyl halides is 2. The fourth-order valence-electron chi connectivity index (χ4n) is 0.870. The van der Waals surface area contributed by atoms with E-state index in [-0.39, 0.29) is 0 Å². The molecule has 0 saturated heterocycles. The molecule has 78 valence electrons. The number of carbonyl (C=O) groups is 1.